The maximum atomic E-state index is 13.8. The first-order chi connectivity index (χ1) is 12.4. The Labute approximate surface area is 147 Å². The number of halogens is 8. The highest BCUT2D eigenvalue weighted by Gasteiger charge is 2.35. The Balaban J connectivity index is 2.06. The lowest BCUT2D eigenvalue weighted by Crippen LogP contribution is -2.29. The van der Waals surface area contributed by atoms with Gasteiger partial charge in [0.05, 0.1) is 16.8 Å². The molecule has 0 aliphatic rings. The van der Waals surface area contributed by atoms with E-state index in [1.54, 1.807) is 0 Å². The van der Waals surface area contributed by atoms with Crippen molar-refractivity contribution in [2.75, 3.05) is 5.32 Å². The molecule has 2 aromatic carbocycles. The number of urea groups is 1. The molecule has 0 heterocycles. The molecule has 2 aromatic rings. The summed E-state index contributed by atoms with van der Waals surface area (Å²) in [7, 11) is 0. The second-order valence-electron chi connectivity index (χ2n) is 5.28. The minimum absolute atomic E-state index is 0.237. The average molecular weight is 398 g/mol. The minimum atomic E-state index is -4.97. The Bertz CT molecular complexity index is 845. The lowest BCUT2D eigenvalue weighted by atomic mass is 10.1. The van der Waals surface area contributed by atoms with Crippen LogP contribution in [0.5, 0.6) is 0 Å². The molecule has 0 saturated carbocycles. The van der Waals surface area contributed by atoms with Crippen molar-refractivity contribution in [1.82, 2.24) is 5.32 Å². The lowest BCUT2D eigenvalue weighted by Gasteiger charge is -2.13. The summed E-state index contributed by atoms with van der Waals surface area (Å²) in [5, 5.41) is 3.83. The average Bonchev–Trinajstić information content (AvgIpc) is 2.53. The van der Waals surface area contributed by atoms with Crippen molar-refractivity contribution in [3.8, 4) is 0 Å². The highest BCUT2D eigenvalue weighted by molar-refractivity contribution is 5.89. The highest BCUT2D eigenvalue weighted by Crippen LogP contribution is 2.34. The van der Waals surface area contributed by atoms with Crippen LogP contribution in [0.2, 0.25) is 0 Å². The summed E-state index contributed by atoms with van der Waals surface area (Å²) in [6.07, 6.45) is -9.72. The van der Waals surface area contributed by atoms with Gasteiger partial charge in [-0.3, -0.25) is 0 Å². The van der Waals surface area contributed by atoms with Gasteiger partial charge in [-0.05, 0) is 24.3 Å². The molecular weight excluding hydrogens is 388 g/mol. The molecule has 0 unspecified atom stereocenters. The highest BCUT2D eigenvalue weighted by atomic mass is 19.4. The van der Waals surface area contributed by atoms with Crippen LogP contribution >= 0.6 is 0 Å². The molecule has 0 aromatic heterocycles. The summed E-state index contributed by atoms with van der Waals surface area (Å²) in [5.74, 6) is -2.95. The molecule has 2 amide bonds. The molecule has 11 heteroatoms. The number of amides is 2. The van der Waals surface area contributed by atoms with Crippen molar-refractivity contribution in [3.05, 3.63) is 64.7 Å². The second kappa shape index (κ2) is 7.41. The van der Waals surface area contributed by atoms with E-state index in [-0.39, 0.29) is 11.6 Å². The Morgan fingerprint density at radius 2 is 1.59 bits per heavy atom. The van der Waals surface area contributed by atoms with Crippen LogP contribution in [-0.4, -0.2) is 6.03 Å². The number of carbonyl (C=O) groups excluding carboxylic acids is 1. The number of carbonyl (C=O) groups is 1. The number of rotatable bonds is 3. The van der Waals surface area contributed by atoms with Crippen molar-refractivity contribution in [3.63, 3.8) is 0 Å². The van der Waals surface area contributed by atoms with Gasteiger partial charge < -0.3 is 10.6 Å². The normalized spacial score (nSPS) is 12.0. The van der Waals surface area contributed by atoms with E-state index in [0.29, 0.717) is 12.1 Å². The third kappa shape index (κ3) is 5.08. The van der Waals surface area contributed by atoms with E-state index in [2.05, 4.69) is 0 Å². The molecule has 0 atom stereocenters. The van der Waals surface area contributed by atoms with E-state index < -0.39 is 53.4 Å². The SMILES string of the molecule is O=C(NCc1ccc(C(F)(F)F)cc1F)Nc1cccc(C(F)(F)F)c1F. The fourth-order valence-corrected chi connectivity index (χ4v) is 2.06. The van der Waals surface area contributed by atoms with Gasteiger partial charge in [-0.15, -0.1) is 0 Å². The first-order valence-electron chi connectivity index (χ1n) is 7.16. The van der Waals surface area contributed by atoms with Gasteiger partial charge in [0.1, 0.15) is 5.82 Å². The number of anilines is 1. The molecule has 146 valence electrons. The Kier molecular flexibility index (Phi) is 5.62. The van der Waals surface area contributed by atoms with Gasteiger partial charge in [-0.2, -0.15) is 26.3 Å². The number of alkyl halides is 6. The third-order valence-corrected chi connectivity index (χ3v) is 3.37. The van der Waals surface area contributed by atoms with Gasteiger partial charge in [0.25, 0.3) is 0 Å². The summed E-state index contributed by atoms with van der Waals surface area (Å²) in [6, 6.07) is 2.69. The Hall–Kier alpha value is -2.85. The van der Waals surface area contributed by atoms with Crippen LogP contribution in [0.3, 0.4) is 0 Å². The molecule has 0 aliphatic heterocycles. The molecule has 0 fully saturated rings. The van der Waals surface area contributed by atoms with E-state index in [9.17, 15) is 39.9 Å². The van der Waals surface area contributed by atoms with Crippen molar-refractivity contribution in [1.29, 1.82) is 0 Å². The maximum absolute atomic E-state index is 13.8. The molecule has 0 spiro atoms. The fraction of sp³-hybridized carbons (Fsp3) is 0.188. The minimum Gasteiger partial charge on any atom is -0.334 e. The van der Waals surface area contributed by atoms with E-state index in [1.165, 1.54) is 0 Å². The molecular formula is C16H10F8N2O. The smallest absolute Gasteiger partial charge is 0.334 e. The predicted octanol–water partition coefficient (Wildman–Crippen LogP) is 5.32. The fourth-order valence-electron chi connectivity index (χ4n) is 2.06. The van der Waals surface area contributed by atoms with Crippen molar-refractivity contribution < 1.29 is 39.9 Å². The summed E-state index contributed by atoms with van der Waals surface area (Å²) in [5.41, 5.74) is -3.88. The molecule has 0 aliphatic carbocycles. The predicted molar refractivity (Wildman–Crippen MR) is 78.7 cm³/mol. The van der Waals surface area contributed by atoms with Crippen LogP contribution in [0.1, 0.15) is 16.7 Å². The quantitative estimate of drug-likeness (QED) is 0.675. The molecule has 0 bridgehead atoms. The van der Waals surface area contributed by atoms with Gasteiger partial charge in [0.2, 0.25) is 0 Å². The van der Waals surface area contributed by atoms with E-state index in [0.717, 1.165) is 18.2 Å². The Morgan fingerprint density at radius 3 is 2.15 bits per heavy atom. The zero-order valence-corrected chi connectivity index (χ0v) is 13.1. The molecule has 0 saturated heterocycles. The molecule has 3 nitrogen and oxygen atoms in total. The zero-order chi connectivity index (χ0) is 20.4. The topological polar surface area (TPSA) is 41.1 Å². The van der Waals surface area contributed by atoms with Crippen molar-refractivity contribution in [2.45, 2.75) is 18.9 Å². The van der Waals surface area contributed by atoms with Crippen LogP contribution in [0, 0.1) is 11.6 Å². The van der Waals surface area contributed by atoms with Gasteiger partial charge in [-0.1, -0.05) is 12.1 Å². The third-order valence-electron chi connectivity index (χ3n) is 3.37. The summed E-state index contributed by atoms with van der Waals surface area (Å²) >= 11 is 0. The first kappa shape index (κ1) is 20.5. The van der Waals surface area contributed by atoms with Crippen molar-refractivity contribution in [2.24, 2.45) is 0 Å². The van der Waals surface area contributed by atoms with Crippen LogP contribution in [0.15, 0.2) is 36.4 Å². The number of nitrogens with one attached hydrogen (secondary N) is 2. The largest absolute Gasteiger partial charge is 0.419 e. The standard InChI is InChI=1S/C16H10F8N2O/c17-11-6-9(15(19,20)21)5-4-8(11)7-25-14(27)26-12-3-1-2-10(13(12)18)16(22,23)24/h1-6H,7H2,(H2,25,26,27). The zero-order valence-electron chi connectivity index (χ0n) is 13.1. The van der Waals surface area contributed by atoms with E-state index in [1.807, 2.05) is 10.6 Å². The number of hydrogen-bond donors (Lipinski definition) is 2. The molecule has 2 N–H and O–H groups in total. The summed E-state index contributed by atoms with van der Waals surface area (Å²) in [4.78, 5) is 11.7. The summed E-state index contributed by atoms with van der Waals surface area (Å²) < 4.78 is 103. The maximum Gasteiger partial charge on any atom is 0.419 e. The van der Waals surface area contributed by atoms with E-state index >= 15 is 0 Å². The molecule has 27 heavy (non-hydrogen) atoms. The second-order valence-corrected chi connectivity index (χ2v) is 5.28. The lowest BCUT2D eigenvalue weighted by molar-refractivity contribution is -0.140. The van der Waals surface area contributed by atoms with Crippen LogP contribution < -0.4 is 10.6 Å². The molecule has 2 rings (SSSR count). The van der Waals surface area contributed by atoms with Gasteiger partial charge in [-0.25, -0.2) is 13.6 Å². The molecule has 0 radical (unpaired) electrons. The van der Waals surface area contributed by atoms with Crippen LogP contribution in [0.25, 0.3) is 0 Å². The summed E-state index contributed by atoms with van der Waals surface area (Å²) in [6.45, 7) is -0.573. The van der Waals surface area contributed by atoms with Crippen LogP contribution in [-0.2, 0) is 18.9 Å². The van der Waals surface area contributed by atoms with Gasteiger partial charge in [0.15, 0.2) is 5.82 Å². The van der Waals surface area contributed by atoms with E-state index in [4.69, 9.17) is 0 Å². The van der Waals surface area contributed by atoms with Gasteiger partial charge >= 0.3 is 18.4 Å². The van der Waals surface area contributed by atoms with Crippen molar-refractivity contribution >= 4 is 11.7 Å². The van der Waals surface area contributed by atoms with Gasteiger partial charge in [0, 0.05) is 12.1 Å². The monoisotopic (exact) mass is 398 g/mol. The number of benzene rings is 2. The number of hydrogen-bond acceptors (Lipinski definition) is 1. The Morgan fingerprint density at radius 1 is 0.926 bits per heavy atom. The first-order valence-corrected chi connectivity index (χ1v) is 7.16. The van der Waals surface area contributed by atoms with Crippen LogP contribution in [0.4, 0.5) is 45.6 Å².